The summed E-state index contributed by atoms with van der Waals surface area (Å²) in [5, 5.41) is 0. The van der Waals surface area contributed by atoms with E-state index in [1.165, 1.54) is 51.6 Å². The van der Waals surface area contributed by atoms with Gasteiger partial charge in [-0.1, -0.05) is 13.8 Å². The van der Waals surface area contributed by atoms with Crippen molar-refractivity contribution in [2.24, 2.45) is 29.1 Å². The summed E-state index contributed by atoms with van der Waals surface area (Å²) < 4.78 is 11.2. The van der Waals surface area contributed by atoms with Crippen LogP contribution in [0.3, 0.4) is 0 Å². The molecule has 2 aliphatic carbocycles. The van der Waals surface area contributed by atoms with Gasteiger partial charge in [0.25, 0.3) is 0 Å². The van der Waals surface area contributed by atoms with Crippen molar-refractivity contribution >= 4 is 0 Å². The van der Waals surface area contributed by atoms with Crippen molar-refractivity contribution in [1.82, 2.24) is 9.80 Å². The number of ether oxygens (including phenoxy) is 2. The summed E-state index contributed by atoms with van der Waals surface area (Å²) in [7, 11) is 0. The molecule has 5 unspecified atom stereocenters. The van der Waals surface area contributed by atoms with Crippen LogP contribution >= 0.6 is 0 Å². The Morgan fingerprint density at radius 3 is 1.78 bits per heavy atom. The van der Waals surface area contributed by atoms with Gasteiger partial charge in [-0.3, -0.25) is 9.80 Å². The molecule has 6 atom stereocenters. The predicted octanol–water partition coefficient (Wildman–Crippen LogP) is 3.26. The van der Waals surface area contributed by atoms with Crippen molar-refractivity contribution in [1.29, 1.82) is 0 Å². The number of hydrogen-bond acceptors (Lipinski definition) is 4. The van der Waals surface area contributed by atoms with Gasteiger partial charge in [-0.05, 0) is 62.2 Å². The van der Waals surface area contributed by atoms with Gasteiger partial charge in [-0.2, -0.15) is 0 Å². The normalized spacial score (nSPS) is 46.0. The van der Waals surface area contributed by atoms with Gasteiger partial charge in [-0.25, -0.2) is 0 Å². The van der Waals surface area contributed by atoms with Crippen LogP contribution in [0.5, 0.6) is 0 Å². The third-order valence-corrected chi connectivity index (χ3v) is 8.68. The highest BCUT2D eigenvalue weighted by atomic mass is 16.5. The summed E-state index contributed by atoms with van der Waals surface area (Å²) in [5.41, 5.74) is 0.553. The minimum Gasteiger partial charge on any atom is -0.380 e. The highest BCUT2D eigenvalue weighted by molar-refractivity contribution is 5.05. The Morgan fingerprint density at radius 2 is 1.26 bits per heavy atom. The molecule has 154 valence electrons. The molecule has 0 N–H and O–H groups in total. The molecule has 27 heavy (non-hydrogen) atoms. The number of likely N-dealkylation sites (tertiary alicyclic amines) is 1. The van der Waals surface area contributed by atoms with Gasteiger partial charge in [-0.15, -0.1) is 0 Å². The minimum absolute atomic E-state index is 0.553. The first kappa shape index (κ1) is 18.8. The molecular weight excluding hydrogens is 336 g/mol. The van der Waals surface area contributed by atoms with E-state index in [9.17, 15) is 0 Å². The van der Waals surface area contributed by atoms with E-state index in [0.29, 0.717) is 5.41 Å². The number of hydrogen-bond donors (Lipinski definition) is 0. The Labute approximate surface area is 165 Å². The van der Waals surface area contributed by atoms with Crippen molar-refractivity contribution in [3.63, 3.8) is 0 Å². The molecule has 1 spiro atoms. The molecule has 4 nitrogen and oxygen atoms in total. The van der Waals surface area contributed by atoms with Gasteiger partial charge in [0.15, 0.2) is 0 Å². The van der Waals surface area contributed by atoms with Gasteiger partial charge in [0.2, 0.25) is 0 Å². The molecule has 0 aromatic heterocycles. The topological polar surface area (TPSA) is 24.9 Å². The second kappa shape index (κ2) is 7.59. The molecule has 3 aliphatic heterocycles. The molecule has 0 aromatic carbocycles. The molecule has 2 saturated carbocycles. The lowest BCUT2D eigenvalue weighted by Gasteiger charge is -2.61. The molecule has 0 amide bonds. The summed E-state index contributed by atoms with van der Waals surface area (Å²) in [5.74, 6) is 3.63. The van der Waals surface area contributed by atoms with Crippen LogP contribution in [0.15, 0.2) is 0 Å². The average Bonchev–Trinajstić information content (AvgIpc) is 2.61. The maximum atomic E-state index is 5.68. The summed E-state index contributed by atoms with van der Waals surface area (Å²) in [4.78, 5) is 5.68. The van der Waals surface area contributed by atoms with Gasteiger partial charge >= 0.3 is 0 Å². The summed E-state index contributed by atoms with van der Waals surface area (Å²) in [6.45, 7) is 13.9. The summed E-state index contributed by atoms with van der Waals surface area (Å²) in [6, 6.07) is 1.65. The van der Waals surface area contributed by atoms with Crippen LogP contribution in [0.1, 0.15) is 52.4 Å². The van der Waals surface area contributed by atoms with Crippen LogP contribution in [0.4, 0.5) is 0 Å². The Bertz CT molecular complexity index is 509. The summed E-state index contributed by atoms with van der Waals surface area (Å²) in [6.07, 6.45) is 8.63. The van der Waals surface area contributed by atoms with Gasteiger partial charge in [0.05, 0.1) is 26.4 Å². The van der Waals surface area contributed by atoms with Crippen molar-refractivity contribution in [3.05, 3.63) is 0 Å². The average molecular weight is 377 g/mol. The Hall–Kier alpha value is -0.160. The third-order valence-electron chi connectivity index (χ3n) is 8.68. The standard InChI is InChI=1S/C23H40N2O2/c1-17-3-5-21(24-7-9-26-10-8-24)19(11-17)20-12-18(2)4-6-22(20)25-13-23(14-25)15-27-16-23/h17-22H,3-16H2,1-2H3/t17?,18?,19?,20?,21?,22-/m1/s1. The lowest BCUT2D eigenvalue weighted by molar-refractivity contribution is -0.209. The monoisotopic (exact) mass is 376 g/mol. The highest BCUT2D eigenvalue weighted by Crippen LogP contribution is 2.48. The first-order valence-corrected chi connectivity index (χ1v) is 11.8. The van der Waals surface area contributed by atoms with Gasteiger partial charge in [0, 0.05) is 43.7 Å². The van der Waals surface area contributed by atoms with E-state index in [0.717, 1.165) is 75.3 Å². The fraction of sp³-hybridized carbons (Fsp3) is 1.00. The Kier molecular flexibility index (Phi) is 5.30. The molecule has 3 heterocycles. The van der Waals surface area contributed by atoms with Crippen LogP contribution in [0, 0.1) is 29.1 Å². The van der Waals surface area contributed by atoms with E-state index >= 15 is 0 Å². The molecule has 0 bridgehead atoms. The molecule has 5 fully saturated rings. The first-order valence-electron chi connectivity index (χ1n) is 11.8. The van der Waals surface area contributed by atoms with Crippen LogP contribution in [-0.2, 0) is 9.47 Å². The lowest BCUT2D eigenvalue weighted by Crippen LogP contribution is -2.70. The molecule has 0 radical (unpaired) electrons. The predicted molar refractivity (Wildman–Crippen MR) is 108 cm³/mol. The largest absolute Gasteiger partial charge is 0.380 e. The number of rotatable bonds is 3. The van der Waals surface area contributed by atoms with Crippen molar-refractivity contribution in [3.8, 4) is 0 Å². The first-order chi connectivity index (χ1) is 13.1. The van der Waals surface area contributed by atoms with E-state index in [2.05, 4.69) is 23.6 Å². The molecule has 5 rings (SSSR count). The molecular formula is C23H40N2O2. The Morgan fingerprint density at radius 1 is 0.704 bits per heavy atom. The second-order valence-corrected chi connectivity index (χ2v) is 10.8. The minimum atomic E-state index is 0.553. The molecule has 0 aromatic rings. The molecule has 4 heteroatoms. The maximum absolute atomic E-state index is 5.68. The smallest absolute Gasteiger partial charge is 0.0594 e. The third kappa shape index (κ3) is 3.60. The van der Waals surface area contributed by atoms with Crippen LogP contribution in [-0.4, -0.2) is 74.5 Å². The zero-order valence-corrected chi connectivity index (χ0v) is 17.6. The van der Waals surface area contributed by atoms with E-state index in [1.54, 1.807) is 0 Å². The molecule has 3 saturated heterocycles. The number of nitrogens with zero attached hydrogens (tertiary/aromatic N) is 2. The lowest BCUT2D eigenvalue weighted by atomic mass is 9.62. The maximum Gasteiger partial charge on any atom is 0.0594 e. The van der Waals surface area contributed by atoms with Gasteiger partial charge < -0.3 is 9.47 Å². The van der Waals surface area contributed by atoms with Crippen LogP contribution < -0.4 is 0 Å². The highest BCUT2D eigenvalue weighted by Gasteiger charge is 2.53. The van der Waals surface area contributed by atoms with E-state index in [1.807, 2.05) is 0 Å². The fourth-order valence-corrected chi connectivity index (χ4v) is 7.18. The van der Waals surface area contributed by atoms with E-state index < -0.39 is 0 Å². The van der Waals surface area contributed by atoms with E-state index in [4.69, 9.17) is 9.47 Å². The Balaban J connectivity index is 1.33. The van der Waals surface area contributed by atoms with E-state index in [-0.39, 0.29) is 0 Å². The summed E-state index contributed by atoms with van der Waals surface area (Å²) >= 11 is 0. The van der Waals surface area contributed by atoms with Crippen LogP contribution in [0.2, 0.25) is 0 Å². The zero-order chi connectivity index (χ0) is 18.4. The second-order valence-electron chi connectivity index (χ2n) is 10.8. The van der Waals surface area contributed by atoms with Crippen molar-refractivity contribution in [2.45, 2.75) is 64.5 Å². The zero-order valence-electron chi connectivity index (χ0n) is 17.6. The fourth-order valence-electron chi connectivity index (χ4n) is 7.18. The quantitative estimate of drug-likeness (QED) is 0.755. The van der Waals surface area contributed by atoms with Crippen molar-refractivity contribution in [2.75, 3.05) is 52.6 Å². The van der Waals surface area contributed by atoms with Gasteiger partial charge in [0.1, 0.15) is 0 Å². The number of morpholine rings is 1. The van der Waals surface area contributed by atoms with Crippen molar-refractivity contribution < 1.29 is 9.47 Å². The SMILES string of the molecule is CC1CCC(N2CCOCC2)C(C2CC(C)CC[C@H]2N2CC3(COC3)C2)C1. The molecule has 5 aliphatic rings. The van der Waals surface area contributed by atoms with Crippen LogP contribution in [0.25, 0.3) is 0 Å².